The van der Waals surface area contributed by atoms with Crippen molar-refractivity contribution in [2.45, 2.75) is 6.42 Å². The normalized spacial score (nSPS) is 10.4. The molecule has 100 valence electrons. The summed E-state index contributed by atoms with van der Waals surface area (Å²) in [5.41, 5.74) is 6.23. The number of nitrogens with two attached hydrogens (primary N) is 1. The molecule has 1 amide bonds. The molecule has 2 aromatic heterocycles. The lowest BCUT2D eigenvalue weighted by Gasteiger charge is -2.04. The predicted molar refractivity (Wildman–Crippen MR) is 74.5 cm³/mol. The van der Waals surface area contributed by atoms with Crippen molar-refractivity contribution in [3.63, 3.8) is 0 Å². The number of carbonyl (C=O) groups excluding carboxylic acids is 1. The minimum Gasteiger partial charge on any atom is -0.330 e. The molecular weight excluding hydrogens is 264 g/mol. The van der Waals surface area contributed by atoms with Crippen molar-refractivity contribution < 1.29 is 4.79 Å². The molecule has 0 spiro atoms. The van der Waals surface area contributed by atoms with Gasteiger partial charge in [-0.25, -0.2) is 4.98 Å². The van der Waals surface area contributed by atoms with Crippen LogP contribution in [0.5, 0.6) is 0 Å². The number of pyridine rings is 1. The van der Waals surface area contributed by atoms with Crippen molar-refractivity contribution in [3.8, 4) is 0 Å². The van der Waals surface area contributed by atoms with Gasteiger partial charge >= 0.3 is 0 Å². The highest BCUT2D eigenvalue weighted by Gasteiger charge is 2.11. The van der Waals surface area contributed by atoms with Crippen LogP contribution in [-0.2, 0) is 13.5 Å². The molecule has 0 aliphatic heterocycles. The quantitative estimate of drug-likeness (QED) is 0.856. The highest BCUT2D eigenvalue weighted by atomic mass is 32.1. The molecule has 0 aromatic carbocycles. The van der Waals surface area contributed by atoms with Gasteiger partial charge in [0.05, 0.1) is 10.7 Å². The number of hydrogen-bond acceptors (Lipinski definition) is 5. The van der Waals surface area contributed by atoms with Crippen LogP contribution in [0.2, 0.25) is 0 Å². The van der Waals surface area contributed by atoms with Gasteiger partial charge in [-0.3, -0.25) is 9.59 Å². The minimum absolute atomic E-state index is 0.128. The molecular formula is C12H14N4O2S. The van der Waals surface area contributed by atoms with Crippen molar-refractivity contribution in [2.75, 3.05) is 11.9 Å². The first-order valence-electron chi connectivity index (χ1n) is 5.72. The summed E-state index contributed by atoms with van der Waals surface area (Å²) in [6.07, 6.45) is 2.23. The van der Waals surface area contributed by atoms with Gasteiger partial charge in [0.1, 0.15) is 5.69 Å². The SMILES string of the molecule is Cn1cc(NC(=O)c2csc(CCN)n2)ccc1=O. The van der Waals surface area contributed by atoms with E-state index in [0.29, 0.717) is 24.3 Å². The maximum atomic E-state index is 11.9. The number of thiazole rings is 1. The molecule has 0 bridgehead atoms. The molecule has 6 nitrogen and oxygen atoms in total. The van der Waals surface area contributed by atoms with Crippen LogP contribution in [0.15, 0.2) is 28.5 Å². The standard InChI is InChI=1S/C12H14N4O2S/c1-16-6-8(2-3-11(16)17)14-12(18)9-7-19-10(15-9)4-5-13/h2-3,6-7H,4-5,13H2,1H3,(H,14,18). The molecule has 0 saturated carbocycles. The van der Waals surface area contributed by atoms with Crippen LogP contribution < -0.4 is 16.6 Å². The van der Waals surface area contributed by atoms with Gasteiger partial charge in [-0.05, 0) is 12.6 Å². The van der Waals surface area contributed by atoms with E-state index in [0.717, 1.165) is 5.01 Å². The Morgan fingerprint density at radius 2 is 2.32 bits per heavy atom. The number of rotatable bonds is 4. The number of aryl methyl sites for hydroxylation is 1. The number of nitrogens with one attached hydrogen (secondary N) is 1. The summed E-state index contributed by atoms with van der Waals surface area (Å²) in [5, 5.41) is 5.23. The van der Waals surface area contributed by atoms with Gasteiger partial charge < -0.3 is 15.6 Å². The summed E-state index contributed by atoms with van der Waals surface area (Å²) in [6.45, 7) is 0.509. The molecule has 0 aliphatic carbocycles. The Labute approximate surface area is 113 Å². The van der Waals surface area contributed by atoms with Gasteiger partial charge in [0.15, 0.2) is 0 Å². The Morgan fingerprint density at radius 1 is 1.53 bits per heavy atom. The topological polar surface area (TPSA) is 90.0 Å². The van der Waals surface area contributed by atoms with Gasteiger partial charge in [-0.15, -0.1) is 11.3 Å². The molecule has 0 radical (unpaired) electrons. The van der Waals surface area contributed by atoms with Gasteiger partial charge in [0.2, 0.25) is 5.56 Å². The summed E-state index contributed by atoms with van der Waals surface area (Å²) in [4.78, 5) is 27.4. The maximum absolute atomic E-state index is 11.9. The van der Waals surface area contributed by atoms with Gasteiger partial charge in [0, 0.05) is 31.1 Å². The van der Waals surface area contributed by atoms with Gasteiger partial charge in [-0.1, -0.05) is 0 Å². The second-order valence-corrected chi connectivity index (χ2v) is 4.93. The van der Waals surface area contributed by atoms with Crippen molar-refractivity contribution in [1.29, 1.82) is 0 Å². The van der Waals surface area contributed by atoms with Gasteiger partial charge in [-0.2, -0.15) is 0 Å². The van der Waals surface area contributed by atoms with Crippen LogP contribution in [0.4, 0.5) is 5.69 Å². The molecule has 0 atom stereocenters. The third-order valence-electron chi connectivity index (χ3n) is 2.49. The number of nitrogens with zero attached hydrogens (tertiary/aromatic N) is 2. The Balaban J connectivity index is 2.11. The molecule has 2 aromatic rings. The van der Waals surface area contributed by atoms with Crippen LogP contribution in [0.25, 0.3) is 0 Å². The van der Waals surface area contributed by atoms with Crippen molar-refractivity contribution in [1.82, 2.24) is 9.55 Å². The van der Waals surface area contributed by atoms with E-state index in [2.05, 4.69) is 10.3 Å². The monoisotopic (exact) mass is 278 g/mol. The van der Waals surface area contributed by atoms with E-state index in [4.69, 9.17) is 5.73 Å². The number of anilines is 1. The summed E-state index contributed by atoms with van der Waals surface area (Å²) < 4.78 is 1.40. The van der Waals surface area contributed by atoms with E-state index < -0.39 is 0 Å². The fourth-order valence-electron chi connectivity index (χ4n) is 1.52. The lowest BCUT2D eigenvalue weighted by Crippen LogP contribution is -2.18. The van der Waals surface area contributed by atoms with Gasteiger partial charge in [0.25, 0.3) is 5.91 Å². The van der Waals surface area contributed by atoms with Crippen LogP contribution in [0, 0.1) is 0 Å². The third-order valence-corrected chi connectivity index (χ3v) is 3.39. The second-order valence-electron chi connectivity index (χ2n) is 3.99. The lowest BCUT2D eigenvalue weighted by atomic mass is 10.3. The fourth-order valence-corrected chi connectivity index (χ4v) is 2.31. The average molecular weight is 278 g/mol. The van der Waals surface area contributed by atoms with Crippen molar-refractivity contribution >= 4 is 22.9 Å². The van der Waals surface area contributed by atoms with Crippen LogP contribution >= 0.6 is 11.3 Å². The molecule has 0 fully saturated rings. The van der Waals surface area contributed by atoms with Crippen LogP contribution in [0.1, 0.15) is 15.5 Å². The largest absolute Gasteiger partial charge is 0.330 e. The predicted octanol–water partition coefficient (Wildman–Crippen LogP) is 0.595. The first-order valence-corrected chi connectivity index (χ1v) is 6.60. The number of hydrogen-bond donors (Lipinski definition) is 2. The average Bonchev–Trinajstić information content (AvgIpc) is 2.83. The minimum atomic E-state index is -0.293. The number of amides is 1. The second kappa shape index (κ2) is 5.77. The van der Waals surface area contributed by atoms with Crippen molar-refractivity contribution in [3.05, 3.63) is 44.8 Å². The van der Waals surface area contributed by atoms with E-state index in [9.17, 15) is 9.59 Å². The van der Waals surface area contributed by atoms with Crippen molar-refractivity contribution in [2.24, 2.45) is 12.8 Å². The Morgan fingerprint density at radius 3 is 3.00 bits per heavy atom. The molecule has 3 N–H and O–H groups in total. The zero-order chi connectivity index (χ0) is 13.8. The summed E-state index contributed by atoms with van der Waals surface area (Å²) in [7, 11) is 1.63. The zero-order valence-electron chi connectivity index (χ0n) is 10.4. The highest BCUT2D eigenvalue weighted by Crippen LogP contribution is 2.12. The Hall–Kier alpha value is -1.99. The number of aromatic nitrogens is 2. The number of carbonyl (C=O) groups is 1. The van der Waals surface area contributed by atoms with E-state index in [1.807, 2.05) is 0 Å². The fraction of sp³-hybridized carbons (Fsp3) is 0.250. The summed E-state index contributed by atoms with van der Waals surface area (Å²) >= 11 is 1.41. The lowest BCUT2D eigenvalue weighted by molar-refractivity contribution is 0.102. The smallest absolute Gasteiger partial charge is 0.275 e. The first kappa shape index (κ1) is 13.4. The van der Waals surface area contributed by atoms with E-state index in [1.54, 1.807) is 24.7 Å². The van der Waals surface area contributed by atoms with E-state index in [-0.39, 0.29) is 11.5 Å². The molecule has 0 aliphatic rings. The van der Waals surface area contributed by atoms with Crippen LogP contribution in [0.3, 0.4) is 0 Å². The summed E-state index contributed by atoms with van der Waals surface area (Å²) in [6, 6.07) is 2.96. The Bertz CT molecular complexity index is 647. The molecule has 0 saturated heterocycles. The molecule has 2 heterocycles. The molecule has 0 unspecified atom stereocenters. The van der Waals surface area contributed by atoms with E-state index in [1.165, 1.54) is 22.0 Å². The molecule has 2 rings (SSSR count). The summed E-state index contributed by atoms with van der Waals surface area (Å²) in [5.74, 6) is -0.293. The Kier molecular flexibility index (Phi) is 4.08. The first-order chi connectivity index (χ1) is 9.10. The van der Waals surface area contributed by atoms with E-state index >= 15 is 0 Å². The molecule has 19 heavy (non-hydrogen) atoms. The zero-order valence-corrected chi connectivity index (χ0v) is 11.2. The maximum Gasteiger partial charge on any atom is 0.275 e. The third kappa shape index (κ3) is 3.27. The highest BCUT2D eigenvalue weighted by molar-refractivity contribution is 7.09. The van der Waals surface area contributed by atoms with Crippen LogP contribution in [-0.4, -0.2) is 22.0 Å². The molecule has 7 heteroatoms.